The maximum absolute atomic E-state index is 10.2. The Morgan fingerprint density at radius 2 is 2.56 bits per heavy atom. The summed E-state index contributed by atoms with van der Waals surface area (Å²) in [7, 11) is 0. The van der Waals surface area contributed by atoms with Crippen molar-refractivity contribution < 1.29 is 4.21 Å². The maximum Gasteiger partial charge on any atom is 0.0943 e. The summed E-state index contributed by atoms with van der Waals surface area (Å²) >= 11 is 0.520. The van der Waals surface area contributed by atoms with Gasteiger partial charge in [-0.1, -0.05) is 0 Å². The fraction of sp³-hybridized carbons (Fsp3) is 0.333. The van der Waals surface area contributed by atoms with E-state index in [1.165, 1.54) is 0 Å². The first-order valence-electron chi connectivity index (χ1n) is 2.71. The molecule has 0 aromatic carbocycles. The van der Waals surface area contributed by atoms with Crippen molar-refractivity contribution in [1.29, 1.82) is 0 Å². The third kappa shape index (κ3) is 1.36. The molecule has 1 aliphatic rings. The van der Waals surface area contributed by atoms with Gasteiger partial charge in [-0.3, -0.25) is 4.99 Å². The summed E-state index contributed by atoms with van der Waals surface area (Å²) < 4.78 is 10.2. The van der Waals surface area contributed by atoms with Crippen molar-refractivity contribution in [2.45, 2.75) is 13.0 Å². The highest BCUT2D eigenvalue weighted by Crippen LogP contribution is 1.97. The number of nitrogens with zero attached hydrogens (tertiary/aromatic N) is 1. The van der Waals surface area contributed by atoms with Gasteiger partial charge in [-0.25, -0.2) is 4.21 Å². The molecule has 0 aliphatic carbocycles. The van der Waals surface area contributed by atoms with Gasteiger partial charge in [-0.2, -0.15) is 0 Å². The van der Waals surface area contributed by atoms with E-state index in [0.29, 0.717) is 11.3 Å². The smallest absolute Gasteiger partial charge is 0.0943 e. The Hall–Kier alpha value is -0.700. The highest BCUT2D eigenvalue weighted by atomic mass is 32.1. The molecule has 1 heterocycles. The Morgan fingerprint density at radius 1 is 1.78 bits per heavy atom. The van der Waals surface area contributed by atoms with Crippen molar-refractivity contribution in [3.05, 3.63) is 12.2 Å². The van der Waals surface area contributed by atoms with Crippen LogP contribution >= 0.6 is 0 Å². The van der Waals surface area contributed by atoms with E-state index >= 15 is 0 Å². The maximum atomic E-state index is 10.2. The second kappa shape index (κ2) is 2.73. The van der Waals surface area contributed by atoms with Crippen molar-refractivity contribution >= 4 is 22.3 Å². The van der Waals surface area contributed by atoms with Gasteiger partial charge < -0.3 is 0 Å². The number of dihydropyridines is 1. The van der Waals surface area contributed by atoms with Crippen LogP contribution in [0.15, 0.2) is 17.1 Å². The summed E-state index contributed by atoms with van der Waals surface area (Å²) in [6.45, 7) is 1.90. The summed E-state index contributed by atoms with van der Waals surface area (Å²) in [5.41, 5.74) is 0. The van der Waals surface area contributed by atoms with E-state index < -0.39 is 0 Å². The van der Waals surface area contributed by atoms with E-state index in [1.54, 1.807) is 18.4 Å². The van der Waals surface area contributed by atoms with Gasteiger partial charge in [-0.15, -0.1) is 0 Å². The van der Waals surface area contributed by atoms with Crippen LogP contribution in [0.2, 0.25) is 0 Å². The van der Waals surface area contributed by atoms with Crippen LogP contribution in [0.1, 0.15) is 6.92 Å². The standard InChI is InChI=1S/C6H7NOS/c1-5-6(9-8)3-2-4-7-5/h2-5H,1H3. The van der Waals surface area contributed by atoms with Crippen molar-refractivity contribution in [1.82, 2.24) is 0 Å². The minimum atomic E-state index is 0.0671. The second-order valence-electron chi connectivity index (χ2n) is 1.82. The molecule has 0 aromatic heterocycles. The van der Waals surface area contributed by atoms with Crippen LogP contribution < -0.4 is 0 Å². The van der Waals surface area contributed by atoms with E-state index in [2.05, 4.69) is 4.99 Å². The topological polar surface area (TPSA) is 29.4 Å². The van der Waals surface area contributed by atoms with Gasteiger partial charge in [0.2, 0.25) is 0 Å². The summed E-state index contributed by atoms with van der Waals surface area (Å²) in [5, 5.41) is 0. The zero-order chi connectivity index (χ0) is 6.69. The quantitative estimate of drug-likeness (QED) is 0.449. The zero-order valence-corrected chi connectivity index (χ0v) is 5.89. The van der Waals surface area contributed by atoms with Crippen molar-refractivity contribution in [3.8, 4) is 0 Å². The Balaban J connectivity index is 2.90. The van der Waals surface area contributed by atoms with E-state index in [1.807, 2.05) is 6.92 Å². The molecule has 3 heteroatoms. The molecule has 0 N–H and O–H groups in total. The molecule has 0 spiro atoms. The van der Waals surface area contributed by atoms with E-state index in [4.69, 9.17) is 0 Å². The lowest BCUT2D eigenvalue weighted by atomic mass is 10.2. The van der Waals surface area contributed by atoms with Crippen LogP contribution in [0.4, 0.5) is 0 Å². The Bertz CT molecular complexity index is 213. The molecule has 48 valence electrons. The van der Waals surface area contributed by atoms with Crippen LogP contribution in [-0.4, -0.2) is 21.3 Å². The largest absolute Gasteiger partial charge is 0.284 e. The first-order valence-corrected chi connectivity index (χ1v) is 3.45. The Kier molecular flexibility index (Phi) is 1.95. The fourth-order valence-electron chi connectivity index (χ4n) is 0.627. The zero-order valence-electron chi connectivity index (χ0n) is 5.07. The average Bonchev–Trinajstić information content (AvgIpc) is 1.89. The van der Waals surface area contributed by atoms with E-state index in [9.17, 15) is 4.21 Å². The number of rotatable bonds is 0. The molecule has 0 aromatic rings. The lowest BCUT2D eigenvalue weighted by Gasteiger charge is -2.04. The molecule has 1 atom stereocenters. The number of hydrogen-bond acceptors (Lipinski definition) is 2. The lowest BCUT2D eigenvalue weighted by molar-refractivity contribution is 0.700. The predicted molar refractivity (Wildman–Crippen MR) is 40.2 cm³/mol. The molecular weight excluding hydrogens is 134 g/mol. The summed E-state index contributed by atoms with van der Waals surface area (Å²) in [6.07, 6.45) is 5.29. The third-order valence-corrected chi connectivity index (χ3v) is 1.83. The van der Waals surface area contributed by atoms with Gasteiger partial charge in [0.05, 0.1) is 22.2 Å². The van der Waals surface area contributed by atoms with Crippen LogP contribution in [0.3, 0.4) is 0 Å². The highest BCUT2D eigenvalue weighted by molar-refractivity contribution is 7.67. The number of allylic oxidation sites excluding steroid dienone is 1. The molecule has 9 heavy (non-hydrogen) atoms. The van der Waals surface area contributed by atoms with Crippen molar-refractivity contribution in [3.63, 3.8) is 0 Å². The van der Waals surface area contributed by atoms with Gasteiger partial charge in [0.25, 0.3) is 0 Å². The lowest BCUT2D eigenvalue weighted by Crippen LogP contribution is -2.14. The van der Waals surface area contributed by atoms with Gasteiger partial charge in [0.15, 0.2) is 0 Å². The molecule has 1 unspecified atom stereocenters. The van der Waals surface area contributed by atoms with Crippen LogP contribution in [0, 0.1) is 0 Å². The fourth-order valence-corrected chi connectivity index (χ4v) is 0.961. The molecule has 0 fully saturated rings. The predicted octanol–water partition coefficient (Wildman–Crippen LogP) is 0.401. The second-order valence-corrected chi connectivity index (χ2v) is 2.46. The Labute approximate surface area is 57.4 Å². The minimum Gasteiger partial charge on any atom is -0.284 e. The summed E-state index contributed by atoms with van der Waals surface area (Å²) in [5.74, 6) is 0. The molecule has 0 amide bonds. The molecule has 0 radical (unpaired) electrons. The van der Waals surface area contributed by atoms with E-state index in [-0.39, 0.29) is 6.04 Å². The van der Waals surface area contributed by atoms with Gasteiger partial charge in [0.1, 0.15) is 0 Å². The average molecular weight is 141 g/mol. The minimum absolute atomic E-state index is 0.0671. The summed E-state index contributed by atoms with van der Waals surface area (Å²) in [4.78, 5) is 4.80. The molecule has 1 aliphatic heterocycles. The van der Waals surface area contributed by atoms with Gasteiger partial charge in [0, 0.05) is 6.21 Å². The molecular formula is C6H7NOS. The first-order chi connectivity index (χ1) is 4.34. The molecule has 2 nitrogen and oxygen atoms in total. The van der Waals surface area contributed by atoms with Crippen molar-refractivity contribution in [2.24, 2.45) is 4.99 Å². The normalized spacial score (nSPS) is 24.6. The SMILES string of the molecule is CC1N=CC=CC1=S=O. The molecule has 0 saturated heterocycles. The van der Waals surface area contributed by atoms with Crippen molar-refractivity contribution in [2.75, 3.05) is 0 Å². The molecule has 1 rings (SSSR count). The van der Waals surface area contributed by atoms with E-state index in [0.717, 1.165) is 4.86 Å². The van der Waals surface area contributed by atoms with Gasteiger partial charge >= 0.3 is 0 Å². The number of aliphatic imine (C=N–C) groups is 1. The third-order valence-electron chi connectivity index (χ3n) is 1.16. The number of hydrogen-bond donors (Lipinski definition) is 0. The highest BCUT2D eigenvalue weighted by Gasteiger charge is 2.05. The first kappa shape index (κ1) is 6.42. The van der Waals surface area contributed by atoms with Gasteiger partial charge in [-0.05, 0) is 19.1 Å². The van der Waals surface area contributed by atoms with Crippen LogP contribution in [0.25, 0.3) is 0 Å². The molecule has 0 saturated carbocycles. The van der Waals surface area contributed by atoms with Crippen LogP contribution in [-0.2, 0) is 11.3 Å². The monoisotopic (exact) mass is 141 g/mol. The van der Waals surface area contributed by atoms with Crippen LogP contribution in [0.5, 0.6) is 0 Å². The molecule has 0 bridgehead atoms. The summed E-state index contributed by atoms with van der Waals surface area (Å²) in [6, 6.07) is 0.0671. The Morgan fingerprint density at radius 3 is 3.00 bits per heavy atom.